The smallest absolute Gasteiger partial charge is 0.407 e. The molecule has 0 spiro atoms. The van der Waals surface area contributed by atoms with Crippen molar-refractivity contribution in [3.63, 3.8) is 0 Å². The number of hydrogen-bond donors (Lipinski definition) is 4. The maximum absolute atomic E-state index is 14.2. The second kappa shape index (κ2) is 18.7. The van der Waals surface area contributed by atoms with E-state index in [1.165, 1.54) is 75.1 Å². The maximum atomic E-state index is 14.2. The summed E-state index contributed by atoms with van der Waals surface area (Å²) in [5, 5.41) is 5.55. The number of imidazole rings is 2. The van der Waals surface area contributed by atoms with Crippen molar-refractivity contribution in [2.24, 2.45) is 29.6 Å². The SMILES string of the molecule is COC(=O)NC(C(=O)N1CCC[C@@]1(C)c1nc2ccc(C3CCC(c4ccc5nc([C@@H]6CCCN6C(=O)[C@@H](NC(=O)OC)C(C)C)[nH]c5c4)N3c3ccc(C45CC6CC(CC(C6)C4)C5)cc3)cc2[nH]1)C(C)C. The zero-order valence-electron chi connectivity index (χ0n) is 43.1. The molecule has 15 nitrogen and oxygen atoms in total. The second-order valence-electron chi connectivity index (χ2n) is 23.3. The minimum Gasteiger partial charge on any atom is -0.453 e. The number of amides is 4. The molecule has 4 N–H and O–H groups in total. The lowest BCUT2D eigenvalue weighted by Gasteiger charge is -2.57. The summed E-state index contributed by atoms with van der Waals surface area (Å²) in [5.74, 6) is 3.62. The molecule has 7 fully saturated rings. The number of ether oxygens (including phenoxy) is 2. The summed E-state index contributed by atoms with van der Waals surface area (Å²) in [6.07, 6.45) is 12.1. The van der Waals surface area contributed by atoms with Crippen molar-refractivity contribution in [1.29, 1.82) is 0 Å². The van der Waals surface area contributed by atoms with Gasteiger partial charge in [-0.1, -0.05) is 52.0 Å². The van der Waals surface area contributed by atoms with Gasteiger partial charge in [-0.25, -0.2) is 19.6 Å². The summed E-state index contributed by atoms with van der Waals surface area (Å²) >= 11 is 0. The van der Waals surface area contributed by atoms with Gasteiger partial charge in [0, 0.05) is 18.8 Å². The molecule has 5 heterocycles. The lowest BCUT2D eigenvalue weighted by Crippen LogP contribution is -2.55. The number of anilines is 1. The number of likely N-dealkylation sites (tertiary alicyclic amines) is 2. The molecule has 0 radical (unpaired) electrons. The van der Waals surface area contributed by atoms with Crippen molar-refractivity contribution in [3.05, 3.63) is 89.0 Å². The number of carbonyl (C=O) groups is 4. The van der Waals surface area contributed by atoms with Crippen molar-refractivity contribution < 1.29 is 28.7 Å². The zero-order valence-corrected chi connectivity index (χ0v) is 43.1. The van der Waals surface area contributed by atoms with Crippen molar-refractivity contribution >= 4 is 51.8 Å². The second-order valence-corrected chi connectivity index (χ2v) is 23.3. The van der Waals surface area contributed by atoms with Crippen LogP contribution >= 0.6 is 0 Å². The third kappa shape index (κ3) is 8.45. The molecule has 3 aliphatic heterocycles. The van der Waals surface area contributed by atoms with Gasteiger partial charge in [0.15, 0.2) is 0 Å². The van der Waals surface area contributed by atoms with E-state index in [-0.39, 0.29) is 41.8 Å². The number of fused-ring (bicyclic) bond motifs is 2. The fourth-order valence-corrected chi connectivity index (χ4v) is 14.8. The predicted molar refractivity (Wildman–Crippen MR) is 276 cm³/mol. The molecule has 382 valence electrons. The highest BCUT2D eigenvalue weighted by molar-refractivity contribution is 5.88. The first-order valence-corrected chi connectivity index (χ1v) is 26.8. The van der Waals surface area contributed by atoms with E-state index in [2.05, 4.69) is 93.1 Å². The first-order valence-electron chi connectivity index (χ1n) is 26.8. The van der Waals surface area contributed by atoms with E-state index in [1.54, 1.807) is 0 Å². The molecule has 3 saturated heterocycles. The fraction of sp³-hybridized carbons (Fsp3) is 0.579. The Morgan fingerprint density at radius 3 is 1.79 bits per heavy atom. The van der Waals surface area contributed by atoms with Crippen LogP contribution in [0.4, 0.5) is 15.3 Å². The lowest BCUT2D eigenvalue weighted by atomic mass is 9.48. The topological polar surface area (TPSA) is 178 Å². The number of carbonyl (C=O) groups excluding carboxylic acids is 4. The number of hydrogen-bond acceptors (Lipinski definition) is 9. The molecular formula is C57H73N9O6. The molecule has 6 atom stereocenters. The number of alkyl carbamates (subject to hydrolysis) is 2. The van der Waals surface area contributed by atoms with Crippen LogP contribution in [0.3, 0.4) is 0 Å². The Balaban J connectivity index is 0.910. The van der Waals surface area contributed by atoms with Crippen molar-refractivity contribution in [1.82, 2.24) is 40.4 Å². The third-order valence-corrected chi connectivity index (χ3v) is 18.1. The summed E-state index contributed by atoms with van der Waals surface area (Å²) in [5.41, 5.74) is 8.35. The minimum atomic E-state index is -0.723. The summed E-state index contributed by atoms with van der Waals surface area (Å²) in [6, 6.07) is 21.4. The first-order chi connectivity index (χ1) is 34.6. The molecule has 4 bridgehead atoms. The zero-order chi connectivity index (χ0) is 50.2. The van der Waals surface area contributed by atoms with Gasteiger partial charge < -0.3 is 44.8 Å². The number of rotatable bonds is 12. The van der Waals surface area contributed by atoms with Crippen LogP contribution in [-0.2, 0) is 30.0 Å². The molecule has 5 aromatic rings. The van der Waals surface area contributed by atoms with Gasteiger partial charge in [0.2, 0.25) is 11.8 Å². The highest BCUT2D eigenvalue weighted by atomic mass is 16.5. The van der Waals surface area contributed by atoms with Crippen LogP contribution in [-0.4, -0.2) is 93.1 Å². The van der Waals surface area contributed by atoms with Crippen LogP contribution < -0.4 is 15.5 Å². The first kappa shape index (κ1) is 48.2. The number of nitrogens with one attached hydrogen (secondary N) is 4. The number of H-pyrrole nitrogens is 2. The highest BCUT2D eigenvalue weighted by Crippen LogP contribution is 2.61. The van der Waals surface area contributed by atoms with Gasteiger partial charge in [-0.05, 0) is 172 Å². The maximum Gasteiger partial charge on any atom is 0.407 e. The summed E-state index contributed by atoms with van der Waals surface area (Å²) in [7, 11) is 2.63. The number of aromatic nitrogens is 4. The third-order valence-electron chi connectivity index (χ3n) is 18.1. The number of aromatic amines is 2. The molecule has 15 heteroatoms. The summed E-state index contributed by atoms with van der Waals surface area (Å²) < 4.78 is 9.75. The standard InChI is InChI=1S/C57H73N9O6/c1-32(2)48(62-54(69)71-6)51(67)64-22-8-10-47(64)50-58-41-17-11-37(27-43(41)59-50)45-19-20-46(66(45)40-15-13-39(14-16-40)57-29-34-24-35(30-57)26-36(25-34)31-57)38-12-18-42-44(28-38)61-53(60-42)56(5)21-9-23-65(56)52(68)49(33(3)4)63-55(70)72-7/h11-18,27-28,32-36,45-49H,8-10,19-26,29-31H2,1-7H3,(H,58,59)(H,60,61)(H,62,69)(H,63,70)/t34?,35?,36?,45?,46?,47-,48-,49?,56-,57?/m0/s1. The number of nitrogens with zero attached hydrogens (tertiary/aromatic N) is 5. The van der Waals surface area contributed by atoms with Crippen molar-refractivity contribution in [2.45, 2.75) is 153 Å². The van der Waals surface area contributed by atoms with Gasteiger partial charge in [0.05, 0.1) is 60.0 Å². The van der Waals surface area contributed by atoms with Gasteiger partial charge in [0.25, 0.3) is 0 Å². The van der Waals surface area contributed by atoms with E-state index in [4.69, 9.17) is 19.4 Å². The van der Waals surface area contributed by atoms with Gasteiger partial charge in [-0.3, -0.25) is 9.59 Å². The summed E-state index contributed by atoms with van der Waals surface area (Å²) in [6.45, 7) is 11.0. The molecule has 7 aliphatic rings. The van der Waals surface area contributed by atoms with Crippen LogP contribution in [0, 0.1) is 29.6 Å². The Hall–Kier alpha value is -6.12. The quantitative estimate of drug-likeness (QED) is 0.0947. The van der Waals surface area contributed by atoms with Crippen LogP contribution in [0.5, 0.6) is 0 Å². The van der Waals surface area contributed by atoms with E-state index in [1.807, 2.05) is 37.5 Å². The molecule has 4 amide bonds. The Bertz CT molecular complexity index is 2840. The minimum absolute atomic E-state index is 0.0754. The fourth-order valence-electron chi connectivity index (χ4n) is 14.8. The van der Waals surface area contributed by atoms with Crippen LogP contribution in [0.2, 0.25) is 0 Å². The molecule has 4 saturated carbocycles. The number of methoxy groups -OCH3 is 2. The molecule has 3 aromatic carbocycles. The molecular weight excluding hydrogens is 907 g/mol. The Labute approximate surface area is 422 Å². The average Bonchev–Trinajstić information content (AvgIpc) is 4.23. The van der Waals surface area contributed by atoms with Gasteiger partial charge in [-0.2, -0.15) is 0 Å². The molecule has 4 aliphatic carbocycles. The predicted octanol–water partition coefficient (Wildman–Crippen LogP) is 10.3. The van der Waals surface area contributed by atoms with Gasteiger partial charge in [0.1, 0.15) is 23.7 Å². The number of benzene rings is 3. The van der Waals surface area contributed by atoms with E-state index in [0.717, 1.165) is 90.0 Å². The average molecular weight is 980 g/mol. The Morgan fingerprint density at radius 1 is 0.667 bits per heavy atom. The molecule has 12 rings (SSSR count). The van der Waals surface area contributed by atoms with Gasteiger partial charge >= 0.3 is 12.2 Å². The van der Waals surface area contributed by atoms with E-state index in [9.17, 15) is 19.2 Å². The molecule has 3 unspecified atom stereocenters. The van der Waals surface area contributed by atoms with E-state index < -0.39 is 29.8 Å². The van der Waals surface area contributed by atoms with Crippen molar-refractivity contribution in [3.8, 4) is 0 Å². The largest absolute Gasteiger partial charge is 0.453 e. The Morgan fingerprint density at radius 2 is 1.22 bits per heavy atom. The monoisotopic (exact) mass is 980 g/mol. The van der Waals surface area contributed by atoms with E-state index in [0.29, 0.717) is 18.5 Å². The van der Waals surface area contributed by atoms with Crippen molar-refractivity contribution in [2.75, 3.05) is 32.2 Å². The van der Waals surface area contributed by atoms with Crippen LogP contribution in [0.25, 0.3) is 22.1 Å². The lowest BCUT2D eigenvalue weighted by molar-refractivity contribution is -0.138. The highest BCUT2D eigenvalue weighted by Gasteiger charge is 2.52. The van der Waals surface area contributed by atoms with E-state index >= 15 is 0 Å². The van der Waals surface area contributed by atoms with Crippen LogP contribution in [0.1, 0.15) is 158 Å². The van der Waals surface area contributed by atoms with Crippen LogP contribution in [0.15, 0.2) is 60.7 Å². The summed E-state index contributed by atoms with van der Waals surface area (Å²) in [4.78, 5) is 76.7. The molecule has 72 heavy (non-hydrogen) atoms. The normalized spacial score (nSPS) is 28.7. The molecule has 2 aromatic heterocycles. The Kier molecular flexibility index (Phi) is 12.5. The van der Waals surface area contributed by atoms with Gasteiger partial charge in [-0.15, -0.1) is 0 Å².